The van der Waals surface area contributed by atoms with Crippen LogP contribution in [0, 0.1) is 5.82 Å². The Morgan fingerprint density at radius 2 is 1.94 bits per heavy atom. The second-order valence-electron chi connectivity index (χ2n) is 7.09. The van der Waals surface area contributed by atoms with E-state index in [4.69, 9.17) is 9.47 Å². The molecule has 0 aliphatic carbocycles. The molecular weight excluding hydrogens is 453 g/mol. The van der Waals surface area contributed by atoms with Gasteiger partial charge in [0.1, 0.15) is 11.5 Å². The topological polar surface area (TPSA) is 123 Å². The van der Waals surface area contributed by atoms with E-state index in [2.05, 4.69) is 19.4 Å². The molecular formula is C21H20FN5O5S. The number of fused-ring (bicyclic) bond motifs is 1. The van der Waals surface area contributed by atoms with Gasteiger partial charge in [0.15, 0.2) is 5.82 Å². The third-order valence-electron chi connectivity index (χ3n) is 5.02. The number of halogens is 1. The van der Waals surface area contributed by atoms with E-state index >= 15 is 4.39 Å². The standard InChI is InChI=1S/C21H20FN5O5S/c1-13(16-5-3-6-17(19(16)22)26-33(29,30)23-2)27-12-14-7-8-15(11-18(14)32-21(27)28)31-20-24-9-4-10-25-20/h3-11,13,23,26H,12H2,1-2H3/t13-/m0/s1. The number of amides is 1. The van der Waals surface area contributed by atoms with E-state index in [1.165, 1.54) is 42.5 Å². The molecule has 4 rings (SSSR count). The zero-order valence-corrected chi connectivity index (χ0v) is 18.5. The molecule has 0 saturated heterocycles. The van der Waals surface area contributed by atoms with E-state index in [1.807, 2.05) is 0 Å². The van der Waals surface area contributed by atoms with E-state index in [0.29, 0.717) is 17.1 Å². The van der Waals surface area contributed by atoms with Crippen LogP contribution in [0.2, 0.25) is 0 Å². The molecule has 1 atom stereocenters. The first kappa shape index (κ1) is 22.4. The second-order valence-corrected chi connectivity index (χ2v) is 8.71. The average Bonchev–Trinajstić information content (AvgIpc) is 2.80. The van der Waals surface area contributed by atoms with Gasteiger partial charge in [-0.1, -0.05) is 12.1 Å². The van der Waals surface area contributed by atoms with Gasteiger partial charge >= 0.3 is 12.1 Å². The van der Waals surface area contributed by atoms with Crippen molar-refractivity contribution < 1.29 is 27.1 Å². The normalized spacial score (nSPS) is 14.3. The minimum Gasteiger partial charge on any atom is -0.424 e. The fourth-order valence-electron chi connectivity index (χ4n) is 3.28. The van der Waals surface area contributed by atoms with Crippen LogP contribution in [0.25, 0.3) is 0 Å². The molecule has 3 aromatic rings. The Kier molecular flexibility index (Phi) is 6.11. The molecule has 1 aromatic heterocycles. The van der Waals surface area contributed by atoms with Gasteiger partial charge in [0.05, 0.1) is 18.3 Å². The molecule has 0 fully saturated rings. The first-order valence-electron chi connectivity index (χ1n) is 9.83. The highest BCUT2D eigenvalue weighted by Gasteiger charge is 2.31. The Morgan fingerprint density at radius 3 is 2.67 bits per heavy atom. The molecule has 172 valence electrons. The first-order valence-corrected chi connectivity index (χ1v) is 11.3. The molecule has 1 amide bonds. The van der Waals surface area contributed by atoms with E-state index in [1.54, 1.807) is 31.2 Å². The fourth-order valence-corrected chi connectivity index (χ4v) is 3.83. The first-order chi connectivity index (χ1) is 15.8. The Balaban J connectivity index is 1.55. The summed E-state index contributed by atoms with van der Waals surface area (Å²) in [5.74, 6) is -0.0771. The van der Waals surface area contributed by atoms with E-state index in [9.17, 15) is 13.2 Å². The number of hydrogen-bond donors (Lipinski definition) is 2. The highest BCUT2D eigenvalue weighted by Crippen LogP contribution is 2.36. The van der Waals surface area contributed by atoms with Gasteiger partial charge in [0.25, 0.3) is 10.2 Å². The molecule has 10 nitrogen and oxygen atoms in total. The molecule has 0 radical (unpaired) electrons. The summed E-state index contributed by atoms with van der Waals surface area (Å²) in [6.45, 7) is 1.79. The molecule has 1 aliphatic rings. The van der Waals surface area contributed by atoms with Crippen molar-refractivity contribution in [3.8, 4) is 17.5 Å². The number of anilines is 1. The molecule has 12 heteroatoms. The summed E-state index contributed by atoms with van der Waals surface area (Å²) in [5, 5.41) is 0. The Bertz CT molecular complexity index is 1290. The van der Waals surface area contributed by atoms with Crippen molar-refractivity contribution in [1.82, 2.24) is 19.6 Å². The van der Waals surface area contributed by atoms with Gasteiger partial charge in [-0.2, -0.15) is 8.42 Å². The number of carbonyl (C=O) groups is 1. The highest BCUT2D eigenvalue weighted by molar-refractivity contribution is 7.90. The lowest BCUT2D eigenvalue weighted by molar-refractivity contribution is 0.118. The van der Waals surface area contributed by atoms with Crippen LogP contribution in [-0.4, -0.2) is 36.4 Å². The predicted octanol–water partition coefficient (Wildman–Crippen LogP) is 3.36. The Morgan fingerprint density at radius 1 is 1.18 bits per heavy atom. The number of hydrogen-bond acceptors (Lipinski definition) is 7. The number of nitrogens with zero attached hydrogens (tertiary/aromatic N) is 3. The highest BCUT2D eigenvalue weighted by atomic mass is 32.2. The Hall–Kier alpha value is -3.77. The minimum absolute atomic E-state index is 0.132. The zero-order valence-electron chi connectivity index (χ0n) is 17.6. The summed E-state index contributed by atoms with van der Waals surface area (Å²) < 4.78 is 53.7. The maximum Gasteiger partial charge on any atom is 0.416 e. The van der Waals surface area contributed by atoms with Crippen LogP contribution in [0.5, 0.6) is 17.5 Å². The number of rotatable bonds is 7. The number of aromatic nitrogens is 2. The van der Waals surface area contributed by atoms with Crippen LogP contribution in [0.1, 0.15) is 24.1 Å². The summed E-state index contributed by atoms with van der Waals surface area (Å²) in [4.78, 5) is 22.0. The Labute approximate surface area is 189 Å². The fraction of sp³-hybridized carbons (Fsp3) is 0.190. The van der Waals surface area contributed by atoms with E-state index in [0.717, 1.165) is 0 Å². The van der Waals surface area contributed by atoms with Crippen LogP contribution in [0.15, 0.2) is 54.9 Å². The van der Waals surface area contributed by atoms with Gasteiger partial charge in [-0.25, -0.2) is 23.9 Å². The number of nitrogens with one attached hydrogen (secondary N) is 2. The molecule has 0 bridgehead atoms. The van der Waals surface area contributed by atoms with Gasteiger partial charge in [0.2, 0.25) is 0 Å². The molecule has 2 heterocycles. The van der Waals surface area contributed by atoms with Crippen molar-refractivity contribution in [2.45, 2.75) is 19.5 Å². The van der Waals surface area contributed by atoms with E-state index in [-0.39, 0.29) is 23.8 Å². The predicted molar refractivity (Wildman–Crippen MR) is 117 cm³/mol. The summed E-state index contributed by atoms with van der Waals surface area (Å²) >= 11 is 0. The van der Waals surface area contributed by atoms with Crippen LogP contribution < -0.4 is 18.9 Å². The van der Waals surface area contributed by atoms with Gasteiger partial charge in [-0.05, 0) is 31.2 Å². The van der Waals surface area contributed by atoms with Gasteiger partial charge in [-0.3, -0.25) is 9.62 Å². The largest absolute Gasteiger partial charge is 0.424 e. The van der Waals surface area contributed by atoms with Crippen LogP contribution in [0.3, 0.4) is 0 Å². The SMILES string of the molecule is CNS(=O)(=O)Nc1cccc([C@H](C)N2Cc3ccc(Oc4ncccn4)cc3OC2=O)c1F. The molecule has 0 unspecified atom stereocenters. The van der Waals surface area contributed by atoms with Gasteiger partial charge in [0, 0.05) is 36.6 Å². The number of ether oxygens (including phenoxy) is 2. The van der Waals surface area contributed by atoms with Crippen LogP contribution in [-0.2, 0) is 16.8 Å². The summed E-state index contributed by atoms with van der Waals surface area (Å²) in [5.41, 5.74) is 0.590. The average molecular weight is 473 g/mol. The maximum absolute atomic E-state index is 15.1. The van der Waals surface area contributed by atoms with Crippen molar-refractivity contribution in [1.29, 1.82) is 0 Å². The van der Waals surface area contributed by atoms with Crippen molar-refractivity contribution >= 4 is 22.0 Å². The number of benzene rings is 2. The van der Waals surface area contributed by atoms with Gasteiger partial charge < -0.3 is 9.47 Å². The van der Waals surface area contributed by atoms with E-state index < -0.39 is 28.2 Å². The summed E-state index contributed by atoms with van der Waals surface area (Å²) in [7, 11) is -2.70. The monoisotopic (exact) mass is 473 g/mol. The third kappa shape index (κ3) is 4.86. The zero-order chi connectivity index (χ0) is 23.6. The summed E-state index contributed by atoms with van der Waals surface area (Å²) in [6.07, 6.45) is 2.40. The van der Waals surface area contributed by atoms with Crippen molar-refractivity contribution in [2.75, 3.05) is 11.8 Å². The van der Waals surface area contributed by atoms with Crippen LogP contribution >= 0.6 is 0 Å². The lowest BCUT2D eigenvalue weighted by Gasteiger charge is -2.33. The molecule has 33 heavy (non-hydrogen) atoms. The maximum atomic E-state index is 15.1. The van der Waals surface area contributed by atoms with Crippen molar-refractivity contribution in [3.63, 3.8) is 0 Å². The van der Waals surface area contributed by atoms with Crippen LogP contribution in [0.4, 0.5) is 14.9 Å². The third-order valence-corrected chi connectivity index (χ3v) is 6.05. The van der Waals surface area contributed by atoms with Crippen molar-refractivity contribution in [2.24, 2.45) is 0 Å². The minimum atomic E-state index is -3.91. The summed E-state index contributed by atoms with van der Waals surface area (Å²) in [6, 6.07) is 10.3. The lowest BCUT2D eigenvalue weighted by Crippen LogP contribution is -2.39. The molecule has 0 spiro atoms. The molecule has 0 saturated carbocycles. The second kappa shape index (κ2) is 9.00. The van der Waals surface area contributed by atoms with Crippen molar-refractivity contribution in [3.05, 3.63) is 71.8 Å². The van der Waals surface area contributed by atoms with Gasteiger partial charge in [-0.15, -0.1) is 0 Å². The lowest BCUT2D eigenvalue weighted by atomic mass is 10.0. The molecule has 2 aromatic carbocycles. The quantitative estimate of drug-likeness (QED) is 0.539. The molecule has 1 aliphatic heterocycles. The smallest absolute Gasteiger partial charge is 0.416 e. The molecule has 2 N–H and O–H groups in total. The number of carbonyl (C=O) groups excluding carboxylic acids is 1.